The number of nitro benzene ring substituents is 1. The fraction of sp³-hybridized carbons (Fsp3) is 0.231. The van der Waals surface area contributed by atoms with E-state index in [0.29, 0.717) is 5.69 Å². The average Bonchev–Trinajstić information content (AvgIpc) is 2.83. The first-order valence-electron chi connectivity index (χ1n) is 5.93. The molecule has 0 bridgehead atoms. The van der Waals surface area contributed by atoms with Gasteiger partial charge in [0.2, 0.25) is 0 Å². The van der Waals surface area contributed by atoms with Crippen LogP contribution in [0.5, 0.6) is 0 Å². The average molecular weight is 274 g/mol. The monoisotopic (exact) mass is 274 g/mol. The highest BCUT2D eigenvalue weighted by Crippen LogP contribution is 2.24. The lowest BCUT2D eigenvalue weighted by Gasteiger charge is -2.11. The number of benzene rings is 1. The third kappa shape index (κ3) is 2.51. The van der Waals surface area contributed by atoms with E-state index >= 15 is 0 Å². The summed E-state index contributed by atoms with van der Waals surface area (Å²) in [5, 5.41) is 15.3. The van der Waals surface area contributed by atoms with E-state index in [1.165, 1.54) is 21.7 Å². The Bertz CT molecular complexity index is 676. The number of hydrogen-bond donors (Lipinski definition) is 0. The third-order valence-corrected chi connectivity index (χ3v) is 2.79. The molecule has 0 aliphatic heterocycles. The van der Waals surface area contributed by atoms with Gasteiger partial charge >= 0.3 is 0 Å². The molecule has 1 aromatic carbocycles. The van der Waals surface area contributed by atoms with Crippen LogP contribution >= 0.6 is 0 Å². The minimum Gasteiger partial charge on any atom is -0.345 e. The summed E-state index contributed by atoms with van der Waals surface area (Å²) in [4.78, 5) is 23.9. The molecule has 2 aromatic rings. The zero-order chi connectivity index (χ0) is 14.9. The Morgan fingerprint density at radius 1 is 1.35 bits per heavy atom. The minimum atomic E-state index is -0.515. The fourth-order valence-corrected chi connectivity index (χ4v) is 1.80. The molecule has 0 fully saturated rings. The second-order valence-electron chi connectivity index (χ2n) is 4.56. The van der Waals surface area contributed by atoms with Gasteiger partial charge in [0.1, 0.15) is 5.69 Å². The number of rotatable bonds is 3. The molecule has 2 rings (SSSR count). The highest BCUT2D eigenvalue weighted by atomic mass is 16.6. The van der Waals surface area contributed by atoms with E-state index in [2.05, 4.69) is 5.10 Å². The molecule has 0 aliphatic rings. The largest absolute Gasteiger partial charge is 0.345 e. The molecular formula is C13H14N4O3. The molecule has 1 amide bonds. The summed E-state index contributed by atoms with van der Waals surface area (Å²) in [7, 11) is 3.19. The number of aromatic nitrogens is 2. The third-order valence-electron chi connectivity index (χ3n) is 2.79. The van der Waals surface area contributed by atoms with Crippen LogP contribution in [0, 0.1) is 17.0 Å². The van der Waals surface area contributed by atoms with E-state index in [4.69, 9.17) is 0 Å². The van der Waals surface area contributed by atoms with E-state index in [1.807, 2.05) is 0 Å². The molecule has 0 radical (unpaired) electrons. The quantitative estimate of drug-likeness (QED) is 0.631. The van der Waals surface area contributed by atoms with E-state index < -0.39 is 4.92 Å². The molecule has 0 saturated carbocycles. The predicted octanol–water partition coefficient (Wildman–Crippen LogP) is 1.79. The Kier molecular flexibility index (Phi) is 3.51. The maximum absolute atomic E-state index is 11.9. The summed E-state index contributed by atoms with van der Waals surface area (Å²) < 4.78 is 1.43. The normalized spacial score (nSPS) is 10.3. The van der Waals surface area contributed by atoms with Crippen LogP contribution in [0.1, 0.15) is 16.1 Å². The van der Waals surface area contributed by atoms with Gasteiger partial charge in [-0.1, -0.05) is 0 Å². The highest BCUT2D eigenvalue weighted by molar-refractivity contribution is 5.95. The van der Waals surface area contributed by atoms with Crippen LogP contribution < -0.4 is 0 Å². The number of nitro groups is 1. The smallest absolute Gasteiger partial charge is 0.295 e. The van der Waals surface area contributed by atoms with Gasteiger partial charge in [0.25, 0.3) is 11.6 Å². The maximum Gasteiger partial charge on any atom is 0.295 e. The molecule has 0 spiro atoms. The van der Waals surface area contributed by atoms with E-state index in [0.717, 1.165) is 5.69 Å². The molecule has 20 heavy (non-hydrogen) atoms. The number of carbonyl (C=O) groups is 1. The molecule has 0 N–H and O–H groups in total. The van der Waals surface area contributed by atoms with Gasteiger partial charge in [-0.25, -0.2) is 4.68 Å². The Hall–Kier alpha value is -2.70. The van der Waals surface area contributed by atoms with Crippen molar-refractivity contribution in [2.45, 2.75) is 6.92 Å². The minimum absolute atomic E-state index is 0.152. The first kappa shape index (κ1) is 13.7. The van der Waals surface area contributed by atoms with Gasteiger partial charge < -0.3 is 4.90 Å². The summed E-state index contributed by atoms with van der Waals surface area (Å²) in [6.45, 7) is 1.80. The molecule has 0 atom stereocenters. The molecule has 0 unspecified atom stereocenters. The number of carbonyl (C=O) groups excluding carboxylic acids is 1. The van der Waals surface area contributed by atoms with Crippen molar-refractivity contribution >= 4 is 11.6 Å². The molecule has 0 aliphatic carbocycles. The van der Waals surface area contributed by atoms with Crippen molar-refractivity contribution in [3.8, 4) is 5.69 Å². The first-order chi connectivity index (χ1) is 9.40. The van der Waals surface area contributed by atoms with E-state index in [1.54, 1.807) is 39.3 Å². The van der Waals surface area contributed by atoms with Crippen molar-refractivity contribution in [2.24, 2.45) is 0 Å². The summed E-state index contributed by atoms with van der Waals surface area (Å²) >= 11 is 0. The van der Waals surface area contributed by atoms with Crippen LogP contribution in [0.15, 0.2) is 30.5 Å². The van der Waals surface area contributed by atoms with E-state index in [9.17, 15) is 14.9 Å². The molecule has 7 nitrogen and oxygen atoms in total. The van der Waals surface area contributed by atoms with Crippen molar-refractivity contribution in [3.63, 3.8) is 0 Å². The van der Waals surface area contributed by atoms with Crippen molar-refractivity contribution in [2.75, 3.05) is 14.1 Å². The van der Waals surface area contributed by atoms with Gasteiger partial charge in [-0.3, -0.25) is 14.9 Å². The van der Waals surface area contributed by atoms with Gasteiger partial charge in [-0.15, -0.1) is 0 Å². The lowest BCUT2D eigenvalue weighted by molar-refractivity contribution is -0.384. The number of amides is 1. The number of aryl methyl sites for hydroxylation is 1. The first-order valence-corrected chi connectivity index (χ1v) is 5.93. The lowest BCUT2D eigenvalue weighted by Crippen LogP contribution is -2.21. The number of hydrogen-bond acceptors (Lipinski definition) is 4. The maximum atomic E-state index is 11.9. The standard InChI is InChI=1S/C13H14N4O3/c1-9-6-7-16(14-9)11-5-4-10(13(18)15(2)3)8-12(11)17(19)20/h4-8H,1-3H3. The van der Waals surface area contributed by atoms with Crippen LogP contribution in [0.2, 0.25) is 0 Å². The van der Waals surface area contributed by atoms with Crippen LogP contribution in [0.25, 0.3) is 5.69 Å². The molecule has 0 saturated heterocycles. The summed E-state index contributed by atoms with van der Waals surface area (Å²) in [5.74, 6) is -0.281. The molecule has 7 heteroatoms. The Balaban J connectivity index is 2.54. The summed E-state index contributed by atoms with van der Waals surface area (Å²) in [6.07, 6.45) is 1.64. The predicted molar refractivity (Wildman–Crippen MR) is 73.0 cm³/mol. The fourth-order valence-electron chi connectivity index (χ4n) is 1.80. The summed E-state index contributed by atoms with van der Waals surface area (Å²) in [5.41, 5.74) is 1.21. The summed E-state index contributed by atoms with van der Waals surface area (Å²) in [6, 6.07) is 6.11. The van der Waals surface area contributed by atoms with Gasteiger partial charge in [-0.05, 0) is 25.1 Å². The molecule has 1 aromatic heterocycles. The van der Waals surface area contributed by atoms with E-state index in [-0.39, 0.29) is 17.2 Å². The van der Waals surface area contributed by atoms with Gasteiger partial charge in [0, 0.05) is 31.9 Å². The van der Waals surface area contributed by atoms with Gasteiger partial charge in [0.05, 0.1) is 10.6 Å². The Labute approximate surface area is 115 Å². The lowest BCUT2D eigenvalue weighted by atomic mass is 10.1. The van der Waals surface area contributed by atoms with Crippen LogP contribution in [-0.2, 0) is 0 Å². The zero-order valence-corrected chi connectivity index (χ0v) is 11.4. The highest BCUT2D eigenvalue weighted by Gasteiger charge is 2.20. The SMILES string of the molecule is Cc1ccn(-c2ccc(C(=O)N(C)C)cc2[N+](=O)[O-])n1. The second-order valence-corrected chi connectivity index (χ2v) is 4.56. The van der Waals surface area contributed by atoms with Gasteiger partial charge in [-0.2, -0.15) is 5.10 Å². The topological polar surface area (TPSA) is 81.3 Å². The zero-order valence-electron chi connectivity index (χ0n) is 11.4. The van der Waals surface area contributed by atoms with Crippen LogP contribution in [0.3, 0.4) is 0 Å². The van der Waals surface area contributed by atoms with Crippen molar-refractivity contribution in [1.29, 1.82) is 0 Å². The van der Waals surface area contributed by atoms with Crippen molar-refractivity contribution in [1.82, 2.24) is 14.7 Å². The van der Waals surface area contributed by atoms with Crippen LogP contribution in [-0.4, -0.2) is 39.6 Å². The molecule has 104 valence electrons. The second kappa shape index (κ2) is 5.12. The molecule has 1 heterocycles. The Morgan fingerprint density at radius 2 is 2.05 bits per heavy atom. The van der Waals surface area contributed by atoms with Crippen LogP contribution in [0.4, 0.5) is 5.69 Å². The Morgan fingerprint density at radius 3 is 2.55 bits per heavy atom. The number of nitrogens with zero attached hydrogens (tertiary/aromatic N) is 4. The van der Waals surface area contributed by atoms with Crippen molar-refractivity contribution < 1.29 is 9.72 Å². The van der Waals surface area contributed by atoms with Gasteiger partial charge in [0.15, 0.2) is 0 Å². The molecular weight excluding hydrogens is 260 g/mol. The van der Waals surface area contributed by atoms with Crippen molar-refractivity contribution in [3.05, 3.63) is 51.8 Å².